The molecule has 2 saturated heterocycles. The molecule has 0 radical (unpaired) electrons. The van der Waals surface area contributed by atoms with Crippen molar-refractivity contribution < 1.29 is 89.9 Å². The van der Waals surface area contributed by atoms with E-state index in [2.05, 4.69) is 30.3 Å². The van der Waals surface area contributed by atoms with E-state index in [0.717, 1.165) is 6.92 Å². The van der Waals surface area contributed by atoms with Gasteiger partial charge in [0.2, 0.25) is 0 Å². The lowest BCUT2D eigenvalue weighted by Gasteiger charge is -2.59. The van der Waals surface area contributed by atoms with Gasteiger partial charge in [-0.25, -0.2) is 0 Å². The highest BCUT2D eigenvalue weighted by Gasteiger charge is 3.01. The quantitative estimate of drug-likeness (QED) is 0.282. The van der Waals surface area contributed by atoms with Crippen LogP contribution in [0.3, 0.4) is 0 Å². The summed E-state index contributed by atoms with van der Waals surface area (Å²) in [6, 6.07) is 0. The smallest absolute Gasteiger partial charge is 0.361 e. The van der Waals surface area contributed by atoms with E-state index >= 15 is 0 Å². The first-order valence-corrected chi connectivity index (χ1v) is 9.84. The maximum atomic E-state index is 14.9. The lowest BCUT2D eigenvalue weighted by Crippen LogP contribution is -2.85. The fraction of sp³-hybridized carbons (Fsp3) is 0.833. The zero-order valence-corrected chi connectivity index (χ0v) is 18.9. The monoisotopic (exact) mass is 594 g/mol. The zero-order chi connectivity index (χ0) is 30.2. The van der Waals surface area contributed by atoms with Crippen LogP contribution < -0.4 is 0 Å². The SMILES string of the molecule is C=CC(=O)[C@@](C)(CC)OCC1(C(F)(F)F)OC(F)(F)C2(C(F)(F)OC(C)(C(F)(F)F)OC2(F)F)C(F)(F)O1. The molecule has 2 heterocycles. The van der Waals surface area contributed by atoms with Crippen LogP contribution in [0.2, 0.25) is 0 Å². The van der Waals surface area contributed by atoms with E-state index in [1.54, 1.807) is 0 Å². The molecule has 0 aliphatic carbocycles. The molecule has 0 bridgehead atoms. The summed E-state index contributed by atoms with van der Waals surface area (Å²) in [6.07, 6.45) is -41.6. The Labute approximate surface area is 202 Å². The number of hydrogen-bond donors (Lipinski definition) is 0. The standard InChI is InChI=1S/C18H16F14O6/c1-5-8(33)9(3,6-2)34-7-11(14(22,23)24)37-17(29,30)12(18(31,32)38-11)15(25,26)35-10(4,13(19,20)21)36-16(12,27)28/h5H,1,6-7H2,2-4H3/t9-,10?,11?,12?/m1/s1. The van der Waals surface area contributed by atoms with Gasteiger partial charge in [-0.2, -0.15) is 61.5 Å². The molecular weight excluding hydrogens is 578 g/mol. The van der Waals surface area contributed by atoms with E-state index in [0.29, 0.717) is 13.0 Å². The van der Waals surface area contributed by atoms with Crippen molar-refractivity contribution in [2.24, 2.45) is 5.41 Å². The molecule has 222 valence electrons. The molecule has 0 aromatic carbocycles. The average Bonchev–Trinajstić information content (AvgIpc) is 2.65. The number of carbonyl (C=O) groups is 1. The molecule has 0 aromatic rings. The van der Waals surface area contributed by atoms with Crippen molar-refractivity contribution >= 4 is 5.78 Å². The minimum Gasteiger partial charge on any atom is -0.361 e. The van der Waals surface area contributed by atoms with Crippen molar-refractivity contribution in [3.63, 3.8) is 0 Å². The Morgan fingerprint density at radius 2 is 1.16 bits per heavy atom. The summed E-state index contributed by atoms with van der Waals surface area (Å²) in [7, 11) is 0. The predicted molar refractivity (Wildman–Crippen MR) is 89.7 cm³/mol. The van der Waals surface area contributed by atoms with Crippen molar-refractivity contribution in [2.75, 3.05) is 6.61 Å². The molecule has 2 rings (SSSR count). The molecule has 2 aliphatic heterocycles. The van der Waals surface area contributed by atoms with Crippen LogP contribution in [-0.2, 0) is 28.5 Å². The summed E-state index contributed by atoms with van der Waals surface area (Å²) < 4.78 is 215. The second kappa shape index (κ2) is 8.61. The number of hydrogen-bond acceptors (Lipinski definition) is 6. The molecule has 20 heteroatoms. The van der Waals surface area contributed by atoms with Crippen LogP contribution in [-0.4, -0.2) is 66.4 Å². The molecule has 6 nitrogen and oxygen atoms in total. The largest absolute Gasteiger partial charge is 0.446 e. The van der Waals surface area contributed by atoms with Gasteiger partial charge in [-0.1, -0.05) is 13.5 Å². The fourth-order valence-corrected chi connectivity index (χ4v) is 3.46. The number of rotatable bonds is 6. The molecule has 2 aliphatic rings. The molecule has 2 fully saturated rings. The molecule has 0 amide bonds. The fourth-order valence-electron chi connectivity index (χ4n) is 3.46. The first-order chi connectivity index (χ1) is 16.6. The van der Waals surface area contributed by atoms with Crippen molar-refractivity contribution in [3.8, 4) is 0 Å². The Kier molecular flexibility index (Phi) is 7.35. The predicted octanol–water partition coefficient (Wildman–Crippen LogP) is 5.92. The number of halogens is 14. The van der Waals surface area contributed by atoms with Gasteiger partial charge < -0.3 is 4.74 Å². The maximum Gasteiger partial charge on any atom is 0.446 e. The third kappa shape index (κ3) is 4.26. The van der Waals surface area contributed by atoms with E-state index in [4.69, 9.17) is 0 Å². The zero-order valence-electron chi connectivity index (χ0n) is 18.9. The molecular formula is C18H16F14O6. The maximum absolute atomic E-state index is 14.9. The number of carbonyl (C=O) groups excluding carboxylic acids is 1. The molecule has 1 atom stereocenters. The third-order valence-electron chi connectivity index (χ3n) is 5.89. The second-order valence-corrected chi connectivity index (χ2v) is 8.36. The normalized spacial score (nSPS) is 35.9. The van der Waals surface area contributed by atoms with E-state index in [-0.39, 0.29) is 0 Å². The molecule has 0 saturated carbocycles. The van der Waals surface area contributed by atoms with E-state index in [9.17, 15) is 66.3 Å². The van der Waals surface area contributed by atoms with Crippen molar-refractivity contribution in [1.82, 2.24) is 0 Å². The Hall–Kier alpha value is -1.77. The van der Waals surface area contributed by atoms with Crippen LogP contribution in [0.4, 0.5) is 61.5 Å². The van der Waals surface area contributed by atoms with Crippen LogP contribution in [0.15, 0.2) is 12.7 Å². The van der Waals surface area contributed by atoms with Gasteiger partial charge in [0.25, 0.3) is 11.6 Å². The van der Waals surface area contributed by atoms with Gasteiger partial charge in [0, 0.05) is 0 Å². The second-order valence-electron chi connectivity index (χ2n) is 8.36. The molecule has 1 spiro atoms. The van der Waals surface area contributed by atoms with E-state index in [1.807, 2.05) is 0 Å². The summed E-state index contributed by atoms with van der Waals surface area (Å²) >= 11 is 0. The highest BCUT2D eigenvalue weighted by Crippen LogP contribution is 2.73. The van der Waals surface area contributed by atoms with Crippen LogP contribution in [0, 0.1) is 5.41 Å². The molecule has 0 aromatic heterocycles. The van der Waals surface area contributed by atoms with Gasteiger partial charge in [0.05, 0.1) is 0 Å². The highest BCUT2D eigenvalue weighted by molar-refractivity contribution is 5.96. The Balaban J connectivity index is 2.76. The van der Waals surface area contributed by atoms with Gasteiger partial charge in [-0.05, 0) is 26.3 Å². The van der Waals surface area contributed by atoms with E-state index in [1.165, 1.54) is 0 Å². The lowest BCUT2D eigenvalue weighted by atomic mass is 9.78. The Morgan fingerprint density at radius 3 is 1.45 bits per heavy atom. The van der Waals surface area contributed by atoms with E-state index < -0.39 is 85.1 Å². The van der Waals surface area contributed by atoms with Gasteiger partial charge in [-0.3, -0.25) is 23.7 Å². The molecule has 0 N–H and O–H groups in total. The minimum atomic E-state index is -7.15. The lowest BCUT2D eigenvalue weighted by molar-refractivity contribution is -0.686. The summed E-state index contributed by atoms with van der Waals surface area (Å²) in [6.45, 7) is 1.35. The summed E-state index contributed by atoms with van der Waals surface area (Å²) in [5, 5.41) is 0. The number of ketones is 1. The van der Waals surface area contributed by atoms with Crippen molar-refractivity contribution in [1.29, 1.82) is 0 Å². The van der Waals surface area contributed by atoms with Crippen LogP contribution in [0.25, 0.3) is 0 Å². The first-order valence-electron chi connectivity index (χ1n) is 9.84. The van der Waals surface area contributed by atoms with Crippen molar-refractivity contribution in [2.45, 2.75) is 81.2 Å². The third-order valence-corrected chi connectivity index (χ3v) is 5.89. The highest BCUT2D eigenvalue weighted by atomic mass is 19.4. The van der Waals surface area contributed by atoms with Crippen LogP contribution in [0.1, 0.15) is 27.2 Å². The van der Waals surface area contributed by atoms with Gasteiger partial charge in [0.1, 0.15) is 12.2 Å². The molecule has 38 heavy (non-hydrogen) atoms. The van der Waals surface area contributed by atoms with Gasteiger partial charge in [0.15, 0.2) is 5.78 Å². The van der Waals surface area contributed by atoms with Crippen molar-refractivity contribution in [3.05, 3.63) is 12.7 Å². The Morgan fingerprint density at radius 1 is 0.789 bits per heavy atom. The average molecular weight is 594 g/mol. The Bertz CT molecular complexity index is 920. The van der Waals surface area contributed by atoms with Gasteiger partial charge in [-0.15, -0.1) is 0 Å². The minimum absolute atomic E-state index is 0.458. The summed E-state index contributed by atoms with van der Waals surface area (Å²) in [5.74, 6) is -12.0. The topological polar surface area (TPSA) is 63.2 Å². The summed E-state index contributed by atoms with van der Waals surface area (Å²) in [5.41, 5.74) is -9.55. The summed E-state index contributed by atoms with van der Waals surface area (Å²) in [4.78, 5) is 11.9. The van der Waals surface area contributed by atoms with Crippen LogP contribution >= 0.6 is 0 Å². The van der Waals surface area contributed by atoms with Crippen LogP contribution in [0.5, 0.6) is 0 Å². The van der Waals surface area contributed by atoms with Gasteiger partial charge >= 0.3 is 42.2 Å². The first kappa shape index (κ1) is 32.4. The molecule has 0 unspecified atom stereocenters. The number of alkyl halides is 14. The number of ether oxygens (including phenoxy) is 5.